The average Bonchev–Trinajstić information content (AvgIpc) is 3.23. The molecular weight excluding hydrogens is 440 g/mol. The number of rotatable bonds is 11. The Labute approximate surface area is 206 Å². The molecule has 4 rings (SSSR count). The van der Waals surface area contributed by atoms with Gasteiger partial charge in [0.2, 0.25) is 0 Å². The fourth-order valence-electron chi connectivity index (χ4n) is 4.32. The molecule has 0 fully saturated rings. The molecule has 0 unspecified atom stereocenters. The van der Waals surface area contributed by atoms with Crippen LogP contribution in [-0.4, -0.2) is 41.0 Å². The summed E-state index contributed by atoms with van der Waals surface area (Å²) in [6.45, 7) is 5.91. The Bertz CT molecular complexity index is 1310. The Morgan fingerprint density at radius 2 is 1.80 bits per heavy atom. The summed E-state index contributed by atoms with van der Waals surface area (Å²) < 4.78 is 13.5. The van der Waals surface area contributed by atoms with E-state index in [0.717, 1.165) is 58.6 Å². The van der Waals surface area contributed by atoms with Crippen molar-refractivity contribution in [2.24, 2.45) is 0 Å². The molecule has 0 aliphatic heterocycles. The minimum Gasteiger partial charge on any atom is -0.489 e. The molecule has 0 spiro atoms. The van der Waals surface area contributed by atoms with Crippen molar-refractivity contribution < 1.29 is 19.4 Å². The van der Waals surface area contributed by atoms with Crippen LogP contribution in [0.25, 0.3) is 22.2 Å². The number of hydrogen-bond acceptors (Lipinski definition) is 4. The van der Waals surface area contributed by atoms with E-state index in [1.807, 2.05) is 30.3 Å². The second-order valence-electron chi connectivity index (χ2n) is 8.68. The van der Waals surface area contributed by atoms with Crippen LogP contribution in [0.3, 0.4) is 0 Å². The van der Waals surface area contributed by atoms with E-state index in [0.29, 0.717) is 30.9 Å². The molecule has 0 bridgehead atoms. The van der Waals surface area contributed by atoms with Crippen LogP contribution in [-0.2, 0) is 17.7 Å². The molecule has 0 radical (unpaired) electrons. The standard InChI is InChI=1S/C29H32N2O4/c1-4-5-10-26-30-27-20(2)11-16-25(35-18-17-34-3)28(27)31(26)19-21-12-14-22(15-13-21)23-8-6-7-9-24(23)29(32)33/h6-9,11-16H,4-5,10,17-19H2,1-3H3,(H,32,33). The van der Waals surface area contributed by atoms with Crippen molar-refractivity contribution in [3.8, 4) is 16.9 Å². The first-order valence-corrected chi connectivity index (χ1v) is 12.1. The molecule has 3 aromatic carbocycles. The van der Waals surface area contributed by atoms with Gasteiger partial charge in [0.05, 0.1) is 17.7 Å². The minimum absolute atomic E-state index is 0.302. The first-order chi connectivity index (χ1) is 17.0. The minimum atomic E-state index is -0.925. The Kier molecular flexibility index (Phi) is 7.83. The number of unbranched alkanes of at least 4 members (excludes halogenated alkanes) is 1. The van der Waals surface area contributed by atoms with Crippen molar-refractivity contribution in [3.05, 3.63) is 83.2 Å². The van der Waals surface area contributed by atoms with Gasteiger partial charge in [-0.05, 0) is 47.7 Å². The van der Waals surface area contributed by atoms with Crippen molar-refractivity contribution in [2.75, 3.05) is 20.3 Å². The fraction of sp³-hybridized carbons (Fsp3) is 0.310. The van der Waals surface area contributed by atoms with Gasteiger partial charge < -0.3 is 19.1 Å². The lowest BCUT2D eigenvalue weighted by Gasteiger charge is -2.14. The van der Waals surface area contributed by atoms with Crippen molar-refractivity contribution in [2.45, 2.75) is 39.7 Å². The highest BCUT2D eigenvalue weighted by molar-refractivity contribution is 5.96. The number of nitrogens with zero attached hydrogens (tertiary/aromatic N) is 2. The van der Waals surface area contributed by atoms with Gasteiger partial charge in [-0.2, -0.15) is 0 Å². The van der Waals surface area contributed by atoms with Gasteiger partial charge in [-0.15, -0.1) is 0 Å². The molecule has 0 amide bonds. The van der Waals surface area contributed by atoms with Crippen molar-refractivity contribution in [3.63, 3.8) is 0 Å². The Balaban J connectivity index is 1.72. The van der Waals surface area contributed by atoms with Crippen LogP contribution in [0.15, 0.2) is 60.7 Å². The number of aromatic nitrogens is 2. The molecule has 0 aliphatic rings. The average molecular weight is 473 g/mol. The zero-order chi connectivity index (χ0) is 24.8. The molecule has 4 aromatic rings. The van der Waals surface area contributed by atoms with E-state index < -0.39 is 5.97 Å². The molecule has 0 saturated heterocycles. The third kappa shape index (κ3) is 5.38. The number of fused-ring (bicyclic) bond motifs is 1. The number of imidazole rings is 1. The van der Waals surface area contributed by atoms with Crippen LogP contribution in [0, 0.1) is 6.92 Å². The third-order valence-electron chi connectivity index (χ3n) is 6.20. The van der Waals surface area contributed by atoms with E-state index >= 15 is 0 Å². The second kappa shape index (κ2) is 11.2. The van der Waals surface area contributed by atoms with Crippen LogP contribution in [0.1, 0.15) is 47.1 Å². The summed E-state index contributed by atoms with van der Waals surface area (Å²) >= 11 is 0. The van der Waals surface area contributed by atoms with E-state index in [-0.39, 0.29) is 0 Å². The third-order valence-corrected chi connectivity index (χ3v) is 6.20. The first kappa shape index (κ1) is 24.5. The molecule has 182 valence electrons. The number of carboxylic acids is 1. The number of carbonyl (C=O) groups is 1. The van der Waals surface area contributed by atoms with Crippen LogP contribution < -0.4 is 4.74 Å². The van der Waals surface area contributed by atoms with Crippen LogP contribution in [0.2, 0.25) is 0 Å². The summed E-state index contributed by atoms with van der Waals surface area (Å²) in [5, 5.41) is 9.55. The Morgan fingerprint density at radius 1 is 1.03 bits per heavy atom. The number of ether oxygens (including phenoxy) is 2. The van der Waals surface area contributed by atoms with Crippen LogP contribution >= 0.6 is 0 Å². The van der Waals surface area contributed by atoms with E-state index in [9.17, 15) is 9.90 Å². The molecule has 6 nitrogen and oxygen atoms in total. The summed E-state index contributed by atoms with van der Waals surface area (Å²) in [6, 6.07) is 19.3. The SMILES string of the molecule is CCCCc1nc2c(C)ccc(OCCOC)c2n1Cc1ccc(-c2ccccc2C(=O)O)cc1. The number of hydrogen-bond donors (Lipinski definition) is 1. The van der Waals surface area contributed by atoms with Crippen molar-refractivity contribution in [1.82, 2.24) is 9.55 Å². The predicted octanol–water partition coefficient (Wildman–Crippen LogP) is 6.13. The fourth-order valence-corrected chi connectivity index (χ4v) is 4.32. The number of benzene rings is 3. The maximum Gasteiger partial charge on any atom is 0.336 e. The van der Waals surface area contributed by atoms with Gasteiger partial charge in [0.15, 0.2) is 0 Å². The van der Waals surface area contributed by atoms with E-state index in [2.05, 4.69) is 36.6 Å². The molecule has 1 heterocycles. The van der Waals surface area contributed by atoms with Gasteiger partial charge in [0.1, 0.15) is 23.7 Å². The van der Waals surface area contributed by atoms with Gasteiger partial charge in [-0.25, -0.2) is 9.78 Å². The quantitative estimate of drug-likeness (QED) is 0.266. The highest BCUT2D eigenvalue weighted by atomic mass is 16.5. The lowest BCUT2D eigenvalue weighted by Crippen LogP contribution is -2.08. The summed E-state index contributed by atoms with van der Waals surface area (Å²) in [4.78, 5) is 16.7. The van der Waals surface area contributed by atoms with Gasteiger partial charge in [-0.3, -0.25) is 0 Å². The number of methoxy groups -OCH3 is 1. The molecule has 1 N–H and O–H groups in total. The molecule has 6 heteroatoms. The monoisotopic (exact) mass is 472 g/mol. The van der Waals surface area contributed by atoms with Crippen LogP contribution in [0.4, 0.5) is 0 Å². The first-order valence-electron chi connectivity index (χ1n) is 12.1. The predicted molar refractivity (Wildman–Crippen MR) is 138 cm³/mol. The topological polar surface area (TPSA) is 73.6 Å². The zero-order valence-electron chi connectivity index (χ0n) is 20.6. The van der Waals surface area contributed by atoms with E-state index in [1.54, 1.807) is 19.2 Å². The largest absolute Gasteiger partial charge is 0.489 e. The maximum atomic E-state index is 11.6. The van der Waals surface area contributed by atoms with Gasteiger partial charge in [0, 0.05) is 20.1 Å². The second-order valence-corrected chi connectivity index (χ2v) is 8.68. The Morgan fingerprint density at radius 3 is 2.51 bits per heavy atom. The lowest BCUT2D eigenvalue weighted by atomic mass is 9.98. The molecule has 35 heavy (non-hydrogen) atoms. The maximum absolute atomic E-state index is 11.6. The Hall–Kier alpha value is -3.64. The van der Waals surface area contributed by atoms with Crippen molar-refractivity contribution >= 4 is 17.0 Å². The smallest absolute Gasteiger partial charge is 0.336 e. The molecule has 0 atom stereocenters. The summed E-state index contributed by atoms with van der Waals surface area (Å²) in [5.41, 5.74) is 6.11. The van der Waals surface area contributed by atoms with Crippen molar-refractivity contribution in [1.29, 1.82) is 0 Å². The normalized spacial score (nSPS) is 11.2. The molecule has 0 saturated carbocycles. The molecule has 1 aromatic heterocycles. The number of aromatic carboxylic acids is 1. The van der Waals surface area contributed by atoms with Crippen LogP contribution in [0.5, 0.6) is 5.75 Å². The summed E-state index contributed by atoms with van der Waals surface area (Å²) in [7, 11) is 1.67. The van der Waals surface area contributed by atoms with E-state index in [1.165, 1.54) is 0 Å². The highest BCUT2D eigenvalue weighted by Gasteiger charge is 2.18. The zero-order valence-corrected chi connectivity index (χ0v) is 20.6. The van der Waals surface area contributed by atoms with Gasteiger partial charge >= 0.3 is 5.97 Å². The summed E-state index contributed by atoms with van der Waals surface area (Å²) in [6.07, 6.45) is 3.05. The summed E-state index contributed by atoms with van der Waals surface area (Å²) in [5.74, 6) is 0.935. The number of carboxylic acid groups (broad SMARTS) is 1. The van der Waals surface area contributed by atoms with Gasteiger partial charge in [-0.1, -0.05) is 61.9 Å². The lowest BCUT2D eigenvalue weighted by molar-refractivity contribution is 0.0697. The van der Waals surface area contributed by atoms with Gasteiger partial charge in [0.25, 0.3) is 0 Å². The van der Waals surface area contributed by atoms with E-state index in [4.69, 9.17) is 14.5 Å². The highest BCUT2D eigenvalue weighted by Crippen LogP contribution is 2.31. The molecule has 0 aliphatic carbocycles. The molecular formula is C29H32N2O4. The number of aryl methyl sites for hydroxylation is 2.